The Balaban J connectivity index is 2.38. The van der Waals surface area contributed by atoms with Crippen molar-refractivity contribution in [3.63, 3.8) is 0 Å². The second-order valence-corrected chi connectivity index (χ2v) is 5.12. The van der Waals surface area contributed by atoms with Gasteiger partial charge in [0.2, 0.25) is 0 Å². The van der Waals surface area contributed by atoms with E-state index in [9.17, 15) is 14.9 Å². The Morgan fingerprint density at radius 1 is 1.05 bits per heavy atom. The normalized spacial score (nSPS) is 10.2. The number of carbonyl (C=O) groups excluding carboxylic acids is 1. The minimum absolute atomic E-state index is 0.103. The van der Waals surface area contributed by atoms with Crippen molar-refractivity contribution in [3.05, 3.63) is 61.1 Å². The van der Waals surface area contributed by atoms with Gasteiger partial charge in [0, 0.05) is 12.1 Å². The average molecular weight is 347 g/mol. The van der Waals surface area contributed by atoms with E-state index in [2.05, 4.69) is 0 Å². The summed E-state index contributed by atoms with van der Waals surface area (Å²) in [6, 6.07) is 6.58. The van der Waals surface area contributed by atoms with Gasteiger partial charge in [0.05, 0.1) is 25.6 Å². The van der Waals surface area contributed by atoms with E-state index in [1.165, 1.54) is 30.3 Å². The second-order valence-electron chi connectivity index (χ2n) is 3.89. The van der Waals surface area contributed by atoms with Gasteiger partial charge < -0.3 is 4.74 Å². The van der Waals surface area contributed by atoms with E-state index in [1.54, 1.807) is 0 Å². The van der Waals surface area contributed by atoms with Gasteiger partial charge in [-0.05, 0) is 18.2 Å². The molecule has 0 atom stereocenters. The Bertz CT molecular complexity index is 734. The quantitative estimate of drug-likeness (QED) is 0.332. The molecular formula is C13H6Cl3NO4. The van der Waals surface area contributed by atoms with Gasteiger partial charge in [0.25, 0.3) is 5.69 Å². The molecule has 21 heavy (non-hydrogen) atoms. The molecule has 0 bridgehead atoms. The lowest BCUT2D eigenvalue weighted by atomic mass is 10.2. The molecule has 0 saturated carbocycles. The second kappa shape index (κ2) is 6.30. The van der Waals surface area contributed by atoms with Crippen molar-refractivity contribution in [2.75, 3.05) is 0 Å². The third-order valence-corrected chi connectivity index (χ3v) is 3.54. The summed E-state index contributed by atoms with van der Waals surface area (Å²) in [5, 5.41) is 11.5. The maximum atomic E-state index is 10.9. The zero-order chi connectivity index (χ0) is 15.6. The molecule has 0 heterocycles. The molecule has 108 valence electrons. The van der Waals surface area contributed by atoms with Crippen LogP contribution in [0.15, 0.2) is 30.3 Å². The molecule has 2 aromatic rings. The lowest BCUT2D eigenvalue weighted by molar-refractivity contribution is -0.385. The lowest BCUT2D eigenvalue weighted by Gasteiger charge is -2.09. The average Bonchev–Trinajstić information content (AvgIpc) is 2.44. The van der Waals surface area contributed by atoms with Gasteiger partial charge in [-0.25, -0.2) is 0 Å². The summed E-state index contributed by atoms with van der Waals surface area (Å²) in [6.45, 7) is 0. The minimum Gasteiger partial charge on any atom is -0.456 e. The number of carbonyl (C=O) groups is 1. The SMILES string of the molecule is O=Cc1cc(Oc2cc(Cl)c(Cl)cc2Cl)ccc1[N+](=O)[O-]. The van der Waals surface area contributed by atoms with Crippen LogP contribution in [-0.4, -0.2) is 11.2 Å². The largest absolute Gasteiger partial charge is 0.456 e. The number of benzene rings is 2. The maximum Gasteiger partial charge on any atom is 0.280 e. The van der Waals surface area contributed by atoms with Crippen molar-refractivity contribution >= 4 is 46.8 Å². The minimum atomic E-state index is -0.653. The van der Waals surface area contributed by atoms with Crippen LogP contribution in [0.2, 0.25) is 15.1 Å². The Morgan fingerprint density at radius 3 is 2.33 bits per heavy atom. The van der Waals surface area contributed by atoms with E-state index in [-0.39, 0.29) is 37.8 Å². The Labute approximate surface area is 134 Å². The van der Waals surface area contributed by atoms with Gasteiger partial charge in [-0.2, -0.15) is 0 Å². The Hall–Kier alpha value is -1.82. The van der Waals surface area contributed by atoms with E-state index < -0.39 is 4.92 Å². The number of hydrogen-bond donors (Lipinski definition) is 0. The number of nitrogens with zero attached hydrogens (tertiary/aromatic N) is 1. The molecule has 8 heteroatoms. The molecule has 0 spiro atoms. The molecule has 0 aromatic heterocycles. The molecule has 0 unspecified atom stereocenters. The van der Waals surface area contributed by atoms with Gasteiger partial charge in [-0.1, -0.05) is 34.8 Å². The highest BCUT2D eigenvalue weighted by Crippen LogP contribution is 2.37. The molecule has 5 nitrogen and oxygen atoms in total. The fourth-order valence-corrected chi connectivity index (χ4v) is 2.14. The molecule has 0 N–H and O–H groups in total. The molecule has 2 aromatic carbocycles. The molecule has 0 aliphatic heterocycles. The molecule has 0 amide bonds. The summed E-state index contributed by atoms with van der Waals surface area (Å²) in [5.74, 6) is 0.430. The van der Waals surface area contributed by atoms with Crippen LogP contribution >= 0.6 is 34.8 Å². The molecular weight excluding hydrogens is 341 g/mol. The number of ether oxygens (including phenoxy) is 1. The first-order valence-corrected chi connectivity index (χ1v) is 6.61. The third kappa shape index (κ3) is 3.44. The monoisotopic (exact) mass is 345 g/mol. The standard InChI is InChI=1S/C13H6Cl3NO4/c14-9-4-11(16)13(5-10(9)15)21-8-1-2-12(17(19)20)7(3-8)6-18/h1-6H. The summed E-state index contributed by atoms with van der Waals surface area (Å²) in [6.07, 6.45) is 0.376. The predicted molar refractivity (Wildman–Crippen MR) is 80.0 cm³/mol. The van der Waals surface area contributed by atoms with E-state index in [0.29, 0.717) is 6.29 Å². The van der Waals surface area contributed by atoms with Crippen molar-refractivity contribution in [2.45, 2.75) is 0 Å². The topological polar surface area (TPSA) is 69.4 Å². The number of nitro benzene ring substituents is 1. The van der Waals surface area contributed by atoms with E-state index in [1.807, 2.05) is 0 Å². The van der Waals surface area contributed by atoms with Crippen LogP contribution in [0, 0.1) is 10.1 Å². The number of hydrogen-bond acceptors (Lipinski definition) is 4. The molecule has 0 aliphatic carbocycles. The van der Waals surface area contributed by atoms with E-state index in [4.69, 9.17) is 39.5 Å². The molecule has 0 radical (unpaired) electrons. The Kier molecular flexibility index (Phi) is 4.67. The first-order chi connectivity index (χ1) is 9.92. The summed E-state index contributed by atoms with van der Waals surface area (Å²) in [4.78, 5) is 21.0. The highest BCUT2D eigenvalue weighted by Gasteiger charge is 2.15. The van der Waals surface area contributed by atoms with E-state index >= 15 is 0 Å². The van der Waals surface area contributed by atoms with Crippen LogP contribution in [0.1, 0.15) is 10.4 Å². The first-order valence-electron chi connectivity index (χ1n) is 5.48. The lowest BCUT2D eigenvalue weighted by Crippen LogP contribution is -1.95. The van der Waals surface area contributed by atoms with Crippen LogP contribution < -0.4 is 4.74 Å². The number of aldehydes is 1. The van der Waals surface area contributed by atoms with Gasteiger partial charge in [-0.3, -0.25) is 14.9 Å². The molecule has 2 rings (SSSR count). The van der Waals surface area contributed by atoms with Crippen LogP contribution in [0.3, 0.4) is 0 Å². The van der Waals surface area contributed by atoms with Crippen molar-refractivity contribution in [2.24, 2.45) is 0 Å². The Morgan fingerprint density at radius 2 is 1.71 bits per heavy atom. The van der Waals surface area contributed by atoms with Gasteiger partial charge >= 0.3 is 0 Å². The third-order valence-electron chi connectivity index (χ3n) is 2.53. The first kappa shape index (κ1) is 15.6. The fourth-order valence-electron chi connectivity index (χ4n) is 1.57. The van der Waals surface area contributed by atoms with Gasteiger partial charge in [0.1, 0.15) is 11.5 Å². The highest BCUT2D eigenvalue weighted by atomic mass is 35.5. The number of rotatable bonds is 4. The maximum absolute atomic E-state index is 10.9. The molecule has 0 saturated heterocycles. The summed E-state index contributed by atoms with van der Waals surface area (Å²) < 4.78 is 5.47. The molecule has 0 aliphatic rings. The van der Waals surface area contributed by atoms with Gasteiger partial charge in [0.15, 0.2) is 6.29 Å². The zero-order valence-corrected chi connectivity index (χ0v) is 12.4. The van der Waals surface area contributed by atoms with Crippen LogP contribution in [0.4, 0.5) is 5.69 Å². The fraction of sp³-hybridized carbons (Fsp3) is 0. The van der Waals surface area contributed by atoms with Crippen LogP contribution in [0.25, 0.3) is 0 Å². The van der Waals surface area contributed by atoms with Crippen LogP contribution in [-0.2, 0) is 0 Å². The van der Waals surface area contributed by atoms with Crippen molar-refractivity contribution < 1.29 is 14.5 Å². The smallest absolute Gasteiger partial charge is 0.280 e. The van der Waals surface area contributed by atoms with Crippen LogP contribution in [0.5, 0.6) is 11.5 Å². The zero-order valence-electron chi connectivity index (χ0n) is 10.2. The molecule has 0 fully saturated rings. The predicted octanol–water partition coefficient (Wildman–Crippen LogP) is 5.16. The van der Waals surface area contributed by atoms with Crippen molar-refractivity contribution in [3.8, 4) is 11.5 Å². The van der Waals surface area contributed by atoms with Gasteiger partial charge in [-0.15, -0.1) is 0 Å². The highest BCUT2D eigenvalue weighted by molar-refractivity contribution is 6.43. The summed E-state index contributed by atoms with van der Waals surface area (Å²) >= 11 is 17.6. The van der Waals surface area contributed by atoms with E-state index in [0.717, 1.165) is 0 Å². The summed E-state index contributed by atoms with van der Waals surface area (Å²) in [5.41, 5.74) is -0.411. The number of halogens is 3. The summed E-state index contributed by atoms with van der Waals surface area (Å²) in [7, 11) is 0. The van der Waals surface area contributed by atoms with Crippen molar-refractivity contribution in [1.29, 1.82) is 0 Å². The number of nitro groups is 1. The van der Waals surface area contributed by atoms with Crippen molar-refractivity contribution in [1.82, 2.24) is 0 Å².